The Kier molecular flexibility index (Phi) is 2.35. The molecule has 1 aliphatic rings. The van der Waals surface area contributed by atoms with E-state index in [1.165, 1.54) is 0 Å². The molecular formula is C13H14N2O2. The number of benzene rings is 1. The second kappa shape index (κ2) is 3.87. The minimum Gasteiger partial charge on any atom is -0.460 e. The van der Waals surface area contributed by atoms with Gasteiger partial charge in [-0.2, -0.15) is 0 Å². The summed E-state index contributed by atoms with van der Waals surface area (Å²) in [5.41, 5.74) is 1.89. The summed E-state index contributed by atoms with van der Waals surface area (Å²) in [6.07, 6.45) is 2.24. The summed E-state index contributed by atoms with van der Waals surface area (Å²) in [4.78, 5) is 16.2. The van der Waals surface area contributed by atoms with Crippen molar-refractivity contribution in [2.24, 2.45) is 0 Å². The number of ether oxygens (including phenoxy) is 1. The summed E-state index contributed by atoms with van der Waals surface area (Å²) < 4.78 is 7.07. The van der Waals surface area contributed by atoms with E-state index in [1.807, 2.05) is 35.8 Å². The van der Waals surface area contributed by atoms with Gasteiger partial charge in [-0.1, -0.05) is 12.1 Å². The zero-order valence-corrected chi connectivity index (χ0v) is 9.72. The summed E-state index contributed by atoms with van der Waals surface area (Å²) in [6.45, 7) is 2.19. The molecule has 0 spiro atoms. The number of fused-ring (bicyclic) bond motifs is 1. The molecule has 0 atom stereocenters. The van der Waals surface area contributed by atoms with E-state index in [0.717, 1.165) is 23.9 Å². The van der Waals surface area contributed by atoms with E-state index in [0.29, 0.717) is 18.5 Å². The standard InChI is InChI=1S/C13H14N2O2/c1-2-17-13(16)12-14-10-5-3-4-6-11(10)15(12)9-7-8-9/h3-6,9H,2,7-8H2,1H3. The van der Waals surface area contributed by atoms with Crippen molar-refractivity contribution in [2.45, 2.75) is 25.8 Å². The molecule has 0 radical (unpaired) electrons. The quantitative estimate of drug-likeness (QED) is 0.761. The Balaban J connectivity index is 2.15. The van der Waals surface area contributed by atoms with Crippen LogP contribution in [0.5, 0.6) is 0 Å². The molecule has 0 amide bonds. The van der Waals surface area contributed by atoms with Gasteiger partial charge in [-0.3, -0.25) is 0 Å². The molecule has 17 heavy (non-hydrogen) atoms. The summed E-state index contributed by atoms with van der Waals surface area (Å²) >= 11 is 0. The highest BCUT2D eigenvalue weighted by Crippen LogP contribution is 2.38. The fourth-order valence-corrected chi connectivity index (χ4v) is 2.09. The Bertz CT molecular complexity index is 570. The van der Waals surface area contributed by atoms with Gasteiger partial charge >= 0.3 is 5.97 Å². The molecule has 0 bridgehead atoms. The van der Waals surface area contributed by atoms with Crippen LogP contribution in [0.2, 0.25) is 0 Å². The van der Waals surface area contributed by atoms with Crippen LogP contribution in [0.1, 0.15) is 36.4 Å². The average Bonchev–Trinajstić information content (AvgIpc) is 3.09. The average molecular weight is 230 g/mol. The third kappa shape index (κ3) is 1.69. The van der Waals surface area contributed by atoms with Crippen LogP contribution in [0.4, 0.5) is 0 Å². The van der Waals surface area contributed by atoms with Gasteiger partial charge in [0.25, 0.3) is 0 Å². The van der Waals surface area contributed by atoms with Gasteiger partial charge in [-0.05, 0) is 31.9 Å². The lowest BCUT2D eigenvalue weighted by atomic mass is 10.3. The molecule has 0 saturated heterocycles. The number of aromatic nitrogens is 2. The Labute approximate surface area is 99.2 Å². The van der Waals surface area contributed by atoms with Gasteiger partial charge in [0.2, 0.25) is 5.82 Å². The van der Waals surface area contributed by atoms with Crippen LogP contribution in [0, 0.1) is 0 Å². The van der Waals surface area contributed by atoms with Crippen molar-refractivity contribution in [3.63, 3.8) is 0 Å². The highest BCUT2D eigenvalue weighted by atomic mass is 16.5. The first-order chi connectivity index (χ1) is 8.31. The first-order valence-electron chi connectivity index (χ1n) is 5.95. The van der Waals surface area contributed by atoms with E-state index < -0.39 is 0 Å². The predicted molar refractivity (Wildman–Crippen MR) is 64.0 cm³/mol. The maximum atomic E-state index is 11.9. The molecule has 88 valence electrons. The van der Waals surface area contributed by atoms with Crippen molar-refractivity contribution in [1.29, 1.82) is 0 Å². The third-order valence-electron chi connectivity index (χ3n) is 2.97. The van der Waals surface area contributed by atoms with Crippen LogP contribution in [0.25, 0.3) is 11.0 Å². The third-order valence-corrected chi connectivity index (χ3v) is 2.97. The maximum Gasteiger partial charge on any atom is 0.374 e. The van der Waals surface area contributed by atoms with Crippen molar-refractivity contribution in [2.75, 3.05) is 6.61 Å². The minimum absolute atomic E-state index is 0.324. The van der Waals surface area contributed by atoms with Gasteiger partial charge in [-0.25, -0.2) is 9.78 Å². The van der Waals surface area contributed by atoms with Gasteiger partial charge in [0.15, 0.2) is 0 Å². The number of rotatable bonds is 3. The Hall–Kier alpha value is -1.84. The van der Waals surface area contributed by atoms with Gasteiger partial charge in [-0.15, -0.1) is 0 Å². The molecule has 4 heteroatoms. The molecule has 0 aliphatic heterocycles. The van der Waals surface area contributed by atoms with Crippen molar-refractivity contribution < 1.29 is 9.53 Å². The van der Waals surface area contributed by atoms with Crippen LogP contribution >= 0.6 is 0 Å². The molecule has 1 aromatic heterocycles. The number of carbonyl (C=O) groups is 1. The highest BCUT2D eigenvalue weighted by Gasteiger charge is 2.30. The van der Waals surface area contributed by atoms with E-state index in [9.17, 15) is 4.79 Å². The van der Waals surface area contributed by atoms with E-state index in [-0.39, 0.29) is 5.97 Å². The van der Waals surface area contributed by atoms with E-state index >= 15 is 0 Å². The lowest BCUT2D eigenvalue weighted by molar-refractivity contribution is 0.0507. The lowest BCUT2D eigenvalue weighted by Crippen LogP contribution is -2.12. The van der Waals surface area contributed by atoms with Crippen LogP contribution in [-0.2, 0) is 4.74 Å². The second-order valence-corrected chi connectivity index (χ2v) is 4.25. The number of hydrogen-bond acceptors (Lipinski definition) is 3. The van der Waals surface area contributed by atoms with Crippen LogP contribution < -0.4 is 0 Å². The molecule has 2 aromatic rings. The molecule has 1 fully saturated rings. The predicted octanol–water partition coefficient (Wildman–Crippen LogP) is 2.55. The van der Waals surface area contributed by atoms with Crippen molar-refractivity contribution in [1.82, 2.24) is 9.55 Å². The van der Waals surface area contributed by atoms with Crippen LogP contribution in [0.3, 0.4) is 0 Å². The second-order valence-electron chi connectivity index (χ2n) is 4.25. The molecule has 3 rings (SSSR count). The number of nitrogens with zero attached hydrogens (tertiary/aromatic N) is 2. The minimum atomic E-state index is -0.324. The first kappa shape index (κ1) is 10.3. The van der Waals surface area contributed by atoms with Gasteiger partial charge in [0, 0.05) is 6.04 Å². The summed E-state index contributed by atoms with van der Waals surface area (Å²) in [7, 11) is 0. The molecule has 4 nitrogen and oxygen atoms in total. The number of hydrogen-bond donors (Lipinski definition) is 0. The molecule has 0 N–H and O–H groups in total. The van der Waals surface area contributed by atoms with E-state index in [1.54, 1.807) is 0 Å². The molecule has 1 heterocycles. The molecule has 1 aliphatic carbocycles. The number of esters is 1. The normalized spacial score (nSPS) is 15.1. The Morgan fingerprint density at radius 2 is 2.24 bits per heavy atom. The monoisotopic (exact) mass is 230 g/mol. The summed E-state index contributed by atoms with van der Waals surface area (Å²) in [5, 5.41) is 0. The zero-order valence-electron chi connectivity index (χ0n) is 9.72. The van der Waals surface area contributed by atoms with Crippen LogP contribution in [0.15, 0.2) is 24.3 Å². The smallest absolute Gasteiger partial charge is 0.374 e. The van der Waals surface area contributed by atoms with Crippen molar-refractivity contribution in [3.8, 4) is 0 Å². The van der Waals surface area contributed by atoms with Crippen molar-refractivity contribution >= 4 is 17.0 Å². The number of carbonyl (C=O) groups excluding carboxylic acids is 1. The summed E-state index contributed by atoms with van der Waals surface area (Å²) in [5.74, 6) is 0.117. The van der Waals surface area contributed by atoms with Gasteiger partial charge in [0.05, 0.1) is 17.6 Å². The van der Waals surface area contributed by atoms with Gasteiger partial charge < -0.3 is 9.30 Å². The Morgan fingerprint density at radius 1 is 1.47 bits per heavy atom. The zero-order chi connectivity index (χ0) is 11.8. The van der Waals surface area contributed by atoms with Gasteiger partial charge in [0.1, 0.15) is 0 Å². The SMILES string of the molecule is CCOC(=O)c1nc2ccccc2n1C1CC1. The molecule has 0 unspecified atom stereocenters. The Morgan fingerprint density at radius 3 is 2.94 bits per heavy atom. The first-order valence-corrected chi connectivity index (χ1v) is 5.95. The highest BCUT2D eigenvalue weighted by molar-refractivity contribution is 5.91. The fourth-order valence-electron chi connectivity index (χ4n) is 2.09. The lowest BCUT2D eigenvalue weighted by Gasteiger charge is -2.06. The fraction of sp³-hybridized carbons (Fsp3) is 0.385. The van der Waals surface area contributed by atoms with E-state index in [2.05, 4.69) is 4.98 Å². The van der Waals surface area contributed by atoms with E-state index in [4.69, 9.17) is 4.74 Å². The largest absolute Gasteiger partial charge is 0.460 e. The molecule has 1 aromatic carbocycles. The summed E-state index contributed by atoms with van der Waals surface area (Å²) in [6, 6.07) is 8.25. The molecule has 1 saturated carbocycles. The van der Waals surface area contributed by atoms with Crippen molar-refractivity contribution in [3.05, 3.63) is 30.1 Å². The maximum absolute atomic E-state index is 11.9. The van der Waals surface area contributed by atoms with Crippen LogP contribution in [-0.4, -0.2) is 22.1 Å². The number of imidazole rings is 1. The molecular weight excluding hydrogens is 216 g/mol. The number of para-hydroxylation sites is 2. The topological polar surface area (TPSA) is 44.1 Å².